The van der Waals surface area contributed by atoms with E-state index in [-0.39, 0.29) is 0 Å². The summed E-state index contributed by atoms with van der Waals surface area (Å²) in [6, 6.07) is 23.6. The van der Waals surface area contributed by atoms with Crippen LogP contribution >= 0.6 is 0 Å². The molecule has 1 heterocycles. The molecule has 138 valence electrons. The number of piperazine rings is 1. The predicted octanol–water partition coefficient (Wildman–Crippen LogP) is 3.07. The van der Waals surface area contributed by atoms with Crippen molar-refractivity contribution in [3.8, 4) is 0 Å². The molecule has 1 aliphatic heterocycles. The fourth-order valence-corrected chi connectivity index (χ4v) is 7.32. The molecule has 3 rings (SSSR count). The minimum absolute atomic E-state index is 1.10. The Kier molecular flexibility index (Phi) is 6.84. The van der Waals surface area contributed by atoms with E-state index in [4.69, 9.17) is 0 Å². The number of benzene rings is 2. The Labute approximate surface area is 160 Å². The minimum Gasteiger partial charge on any atom is -0.304 e. The van der Waals surface area contributed by atoms with Crippen molar-refractivity contribution in [2.24, 2.45) is 0 Å². The van der Waals surface area contributed by atoms with Gasteiger partial charge in [-0.15, -0.1) is 0 Å². The van der Waals surface area contributed by atoms with E-state index in [2.05, 4.69) is 96.2 Å². The molecule has 0 aromatic heterocycles. The number of likely N-dealkylation sites (N-methyl/N-ethyl adjacent to an activating group) is 1. The van der Waals surface area contributed by atoms with Crippen molar-refractivity contribution < 1.29 is 0 Å². The monoisotopic (exact) mass is 364 g/mol. The SMILES string of the molecule is CN1CCN(C/C=C/CC[Si](C)(c2ccccc2)c2ccccc2)CC1. The smallest absolute Gasteiger partial charge is 0.115 e. The summed E-state index contributed by atoms with van der Waals surface area (Å²) in [4.78, 5) is 4.97. The predicted molar refractivity (Wildman–Crippen MR) is 116 cm³/mol. The molecule has 2 nitrogen and oxygen atoms in total. The van der Waals surface area contributed by atoms with Crippen LogP contribution in [0.15, 0.2) is 72.8 Å². The first-order chi connectivity index (χ1) is 12.7. The second-order valence-corrected chi connectivity index (χ2v) is 12.0. The van der Waals surface area contributed by atoms with E-state index in [9.17, 15) is 0 Å². The lowest BCUT2D eigenvalue weighted by molar-refractivity contribution is 0.166. The second-order valence-electron chi connectivity index (χ2n) is 7.68. The maximum Gasteiger partial charge on any atom is 0.115 e. The van der Waals surface area contributed by atoms with E-state index in [1.54, 1.807) is 10.4 Å². The molecule has 0 unspecified atom stereocenters. The van der Waals surface area contributed by atoms with Gasteiger partial charge in [-0.1, -0.05) is 89.7 Å². The van der Waals surface area contributed by atoms with Crippen LogP contribution in [0, 0.1) is 0 Å². The lowest BCUT2D eigenvalue weighted by Crippen LogP contribution is -2.55. The summed E-state index contributed by atoms with van der Waals surface area (Å²) in [6.07, 6.45) is 5.96. The van der Waals surface area contributed by atoms with Gasteiger partial charge < -0.3 is 4.90 Å². The van der Waals surface area contributed by atoms with Gasteiger partial charge in [0.1, 0.15) is 8.07 Å². The van der Waals surface area contributed by atoms with Crippen molar-refractivity contribution in [1.29, 1.82) is 0 Å². The number of hydrogen-bond donors (Lipinski definition) is 0. The molecule has 2 aromatic carbocycles. The van der Waals surface area contributed by atoms with E-state index < -0.39 is 8.07 Å². The molecule has 26 heavy (non-hydrogen) atoms. The summed E-state index contributed by atoms with van der Waals surface area (Å²) in [6.45, 7) is 8.40. The van der Waals surface area contributed by atoms with E-state index in [0.29, 0.717) is 0 Å². The van der Waals surface area contributed by atoms with Gasteiger partial charge in [0.25, 0.3) is 0 Å². The van der Waals surface area contributed by atoms with E-state index in [1.807, 2.05) is 0 Å². The number of hydrogen-bond acceptors (Lipinski definition) is 2. The maximum atomic E-state index is 2.56. The standard InChI is InChI=1S/C23H32N2Si/c1-24-17-19-25(20-18-24)16-10-5-11-21-26(2,22-12-6-3-7-13-22)23-14-8-4-9-15-23/h3-10,12-15H,11,16-21H2,1-2H3/b10-5+. The van der Waals surface area contributed by atoms with Crippen molar-refractivity contribution >= 4 is 18.4 Å². The maximum absolute atomic E-state index is 2.56. The zero-order chi connectivity index (χ0) is 18.2. The number of rotatable bonds is 7. The van der Waals surface area contributed by atoms with Crippen LogP contribution in [0.3, 0.4) is 0 Å². The normalized spacial score (nSPS) is 17.0. The summed E-state index contributed by atoms with van der Waals surface area (Å²) in [5.74, 6) is 0. The first-order valence-electron chi connectivity index (χ1n) is 9.85. The van der Waals surface area contributed by atoms with Gasteiger partial charge >= 0.3 is 0 Å². The van der Waals surface area contributed by atoms with Crippen molar-refractivity contribution in [3.05, 3.63) is 72.8 Å². The Bertz CT molecular complexity index is 636. The molecular weight excluding hydrogens is 332 g/mol. The largest absolute Gasteiger partial charge is 0.304 e. The van der Waals surface area contributed by atoms with Crippen LogP contribution in [0.4, 0.5) is 0 Å². The molecule has 0 aliphatic carbocycles. The van der Waals surface area contributed by atoms with E-state index >= 15 is 0 Å². The summed E-state index contributed by atoms with van der Waals surface area (Å²) in [5.41, 5.74) is 0. The zero-order valence-corrected chi connectivity index (χ0v) is 17.3. The highest BCUT2D eigenvalue weighted by Gasteiger charge is 2.30. The second kappa shape index (κ2) is 9.31. The molecule has 0 saturated carbocycles. The highest BCUT2D eigenvalue weighted by molar-refractivity contribution is 7.01. The van der Waals surface area contributed by atoms with Gasteiger partial charge in [0.15, 0.2) is 0 Å². The Balaban J connectivity index is 1.61. The van der Waals surface area contributed by atoms with Crippen LogP contribution in [-0.4, -0.2) is 57.6 Å². The molecule has 0 spiro atoms. The Morgan fingerprint density at radius 2 is 1.35 bits per heavy atom. The fraction of sp³-hybridized carbons (Fsp3) is 0.391. The van der Waals surface area contributed by atoms with Gasteiger partial charge in [0, 0.05) is 32.7 Å². The van der Waals surface area contributed by atoms with Crippen molar-refractivity contribution in [1.82, 2.24) is 9.80 Å². The fourth-order valence-electron chi connectivity index (χ4n) is 3.81. The first-order valence-corrected chi connectivity index (χ1v) is 12.6. The molecule has 0 N–H and O–H groups in total. The van der Waals surface area contributed by atoms with Crippen molar-refractivity contribution in [3.63, 3.8) is 0 Å². The van der Waals surface area contributed by atoms with Gasteiger partial charge in [-0.05, 0) is 19.5 Å². The third kappa shape index (κ3) is 4.94. The van der Waals surface area contributed by atoms with Crippen LogP contribution in [0.25, 0.3) is 0 Å². The summed E-state index contributed by atoms with van der Waals surface area (Å²) in [5, 5.41) is 3.08. The van der Waals surface area contributed by atoms with Gasteiger partial charge in [-0.2, -0.15) is 0 Å². The Hall–Kier alpha value is -1.68. The molecule has 3 heteroatoms. The van der Waals surface area contributed by atoms with Gasteiger partial charge in [0.2, 0.25) is 0 Å². The Morgan fingerprint density at radius 1 is 0.808 bits per heavy atom. The zero-order valence-electron chi connectivity index (χ0n) is 16.3. The molecule has 1 aliphatic rings. The third-order valence-corrected chi connectivity index (χ3v) is 10.3. The van der Waals surface area contributed by atoms with E-state index in [0.717, 1.165) is 6.54 Å². The molecule has 0 amide bonds. The molecule has 0 bridgehead atoms. The average Bonchev–Trinajstić information content (AvgIpc) is 2.70. The molecule has 0 radical (unpaired) electrons. The number of nitrogens with zero attached hydrogens (tertiary/aromatic N) is 2. The lowest BCUT2D eigenvalue weighted by Gasteiger charge is -2.31. The molecule has 2 aromatic rings. The van der Waals surface area contributed by atoms with Crippen LogP contribution in [0.1, 0.15) is 6.42 Å². The summed E-state index contributed by atoms with van der Waals surface area (Å²) in [7, 11) is 0.542. The summed E-state index contributed by atoms with van der Waals surface area (Å²) < 4.78 is 0. The highest BCUT2D eigenvalue weighted by atomic mass is 28.3. The minimum atomic E-state index is -1.67. The van der Waals surface area contributed by atoms with Crippen LogP contribution in [-0.2, 0) is 0 Å². The lowest BCUT2D eigenvalue weighted by atomic mass is 10.3. The highest BCUT2D eigenvalue weighted by Crippen LogP contribution is 2.14. The van der Waals surface area contributed by atoms with Crippen LogP contribution in [0.2, 0.25) is 12.6 Å². The van der Waals surface area contributed by atoms with Crippen LogP contribution < -0.4 is 10.4 Å². The van der Waals surface area contributed by atoms with E-state index in [1.165, 1.54) is 38.6 Å². The molecule has 0 atom stereocenters. The average molecular weight is 365 g/mol. The van der Waals surface area contributed by atoms with Gasteiger partial charge in [-0.3, -0.25) is 4.90 Å². The first kappa shape index (κ1) is 19.1. The van der Waals surface area contributed by atoms with Crippen molar-refractivity contribution in [2.75, 3.05) is 39.8 Å². The molecule has 1 fully saturated rings. The topological polar surface area (TPSA) is 6.48 Å². The quantitative estimate of drug-likeness (QED) is 0.550. The number of allylic oxidation sites excluding steroid dienone is 1. The third-order valence-electron chi connectivity index (χ3n) is 5.76. The summed E-state index contributed by atoms with van der Waals surface area (Å²) >= 11 is 0. The molecule has 1 saturated heterocycles. The van der Waals surface area contributed by atoms with Gasteiger partial charge in [-0.25, -0.2) is 0 Å². The van der Waals surface area contributed by atoms with Crippen LogP contribution in [0.5, 0.6) is 0 Å². The van der Waals surface area contributed by atoms with Gasteiger partial charge in [0.05, 0.1) is 0 Å². The van der Waals surface area contributed by atoms with Crippen molar-refractivity contribution in [2.45, 2.75) is 19.0 Å². The Morgan fingerprint density at radius 3 is 1.88 bits per heavy atom. The molecular formula is C23H32N2Si.